The van der Waals surface area contributed by atoms with E-state index in [1.807, 2.05) is 0 Å². The second-order valence-electron chi connectivity index (χ2n) is 11.4. The lowest BCUT2D eigenvalue weighted by Crippen LogP contribution is -2.38. The number of benzene rings is 2. The summed E-state index contributed by atoms with van der Waals surface area (Å²) in [6.07, 6.45) is 25.6. The Morgan fingerprint density at radius 2 is 1.27 bits per heavy atom. The van der Waals surface area contributed by atoms with E-state index < -0.39 is 0 Å². The Labute approximate surface area is 228 Å². The van der Waals surface area contributed by atoms with Crippen molar-refractivity contribution in [2.45, 2.75) is 129 Å². The summed E-state index contributed by atoms with van der Waals surface area (Å²) in [5.41, 5.74) is 2.89. The van der Waals surface area contributed by atoms with Crippen molar-refractivity contribution in [2.24, 2.45) is 0 Å². The minimum atomic E-state index is 0.0174. The van der Waals surface area contributed by atoms with Gasteiger partial charge in [0.15, 0.2) is 0 Å². The Morgan fingerprint density at radius 1 is 0.703 bits per heavy atom. The Bertz CT molecular complexity index is 961. The molecule has 2 unspecified atom stereocenters. The lowest BCUT2D eigenvalue weighted by molar-refractivity contribution is -0.697. The standard InChI is InChI=1S/C35H53N2/c1-4-6-8-9-10-11-12-13-14-21-26-34(37-29-28-36(31-37)27-7-5-2)35(3,33-24-19-16-20-25-33)30-32-22-17-15-18-23-32/h15-20,22-25,28-29,31,34H,4-14,21,26-27,30H2,1-3H3/q+1. The van der Waals surface area contributed by atoms with Crippen molar-refractivity contribution in [3.63, 3.8) is 0 Å². The SMILES string of the molecule is CCCCCCCCCCCCC(n1cc[n+](CCCC)c1)C(C)(Cc1ccccc1)c1ccccc1. The van der Waals surface area contributed by atoms with E-state index in [1.54, 1.807) is 0 Å². The smallest absolute Gasteiger partial charge is 0.237 e. The zero-order valence-electron chi connectivity index (χ0n) is 24.1. The molecule has 0 fully saturated rings. The van der Waals surface area contributed by atoms with Gasteiger partial charge in [0.1, 0.15) is 18.4 Å². The number of imidazole rings is 1. The highest BCUT2D eigenvalue weighted by molar-refractivity contribution is 5.30. The molecule has 3 rings (SSSR count). The molecule has 0 spiro atoms. The maximum atomic E-state index is 2.54. The molecular weight excluding hydrogens is 448 g/mol. The maximum Gasteiger partial charge on any atom is 0.244 e. The molecule has 0 N–H and O–H groups in total. The third-order valence-corrected chi connectivity index (χ3v) is 8.26. The van der Waals surface area contributed by atoms with Gasteiger partial charge >= 0.3 is 0 Å². The van der Waals surface area contributed by atoms with E-state index in [0.717, 1.165) is 13.0 Å². The number of nitrogens with zero attached hydrogens (tertiary/aromatic N) is 2. The van der Waals surface area contributed by atoms with Crippen molar-refractivity contribution >= 4 is 0 Å². The quantitative estimate of drug-likeness (QED) is 0.114. The van der Waals surface area contributed by atoms with Crippen LogP contribution in [0, 0.1) is 0 Å². The summed E-state index contributed by atoms with van der Waals surface area (Å²) in [7, 11) is 0. The molecular formula is C35H53N2+. The Kier molecular flexibility index (Phi) is 13.0. The summed E-state index contributed by atoms with van der Waals surface area (Å²) in [5.74, 6) is 0. The van der Waals surface area contributed by atoms with Gasteiger partial charge in [-0.1, -0.05) is 146 Å². The van der Waals surface area contributed by atoms with Gasteiger partial charge in [-0.2, -0.15) is 0 Å². The topological polar surface area (TPSA) is 8.81 Å². The van der Waals surface area contributed by atoms with Crippen molar-refractivity contribution in [3.8, 4) is 0 Å². The fourth-order valence-electron chi connectivity index (χ4n) is 5.94. The van der Waals surface area contributed by atoms with Crippen molar-refractivity contribution in [1.82, 2.24) is 4.57 Å². The van der Waals surface area contributed by atoms with Gasteiger partial charge < -0.3 is 0 Å². The largest absolute Gasteiger partial charge is 0.244 e. The Morgan fingerprint density at radius 3 is 1.89 bits per heavy atom. The maximum absolute atomic E-state index is 2.54. The molecule has 0 bridgehead atoms. The van der Waals surface area contributed by atoms with Crippen LogP contribution in [-0.2, 0) is 18.4 Å². The highest BCUT2D eigenvalue weighted by Gasteiger charge is 2.40. The normalized spacial score (nSPS) is 13.9. The van der Waals surface area contributed by atoms with Crippen molar-refractivity contribution in [3.05, 3.63) is 90.5 Å². The Balaban J connectivity index is 1.73. The fourth-order valence-corrected chi connectivity index (χ4v) is 5.94. The van der Waals surface area contributed by atoms with Crippen LogP contribution in [-0.4, -0.2) is 4.57 Å². The third kappa shape index (κ3) is 9.47. The average molecular weight is 502 g/mol. The molecule has 2 aromatic carbocycles. The van der Waals surface area contributed by atoms with Crippen LogP contribution in [0.25, 0.3) is 0 Å². The molecule has 2 heteroatoms. The van der Waals surface area contributed by atoms with Gasteiger partial charge in [0, 0.05) is 5.41 Å². The van der Waals surface area contributed by atoms with Gasteiger partial charge in [-0.25, -0.2) is 9.13 Å². The molecule has 1 aromatic heterocycles. The van der Waals surface area contributed by atoms with Crippen molar-refractivity contribution < 1.29 is 4.57 Å². The average Bonchev–Trinajstić information content (AvgIpc) is 3.40. The van der Waals surface area contributed by atoms with E-state index in [0.29, 0.717) is 6.04 Å². The number of hydrogen-bond donors (Lipinski definition) is 0. The van der Waals surface area contributed by atoms with Crippen LogP contribution in [0.3, 0.4) is 0 Å². The molecule has 0 saturated heterocycles. The first-order chi connectivity index (χ1) is 18.2. The van der Waals surface area contributed by atoms with E-state index in [9.17, 15) is 0 Å². The van der Waals surface area contributed by atoms with E-state index >= 15 is 0 Å². The first-order valence-electron chi connectivity index (χ1n) is 15.3. The van der Waals surface area contributed by atoms with Gasteiger partial charge in [0.05, 0.1) is 6.54 Å². The second-order valence-corrected chi connectivity index (χ2v) is 11.4. The lowest BCUT2D eigenvalue weighted by atomic mass is 9.70. The molecule has 0 saturated carbocycles. The van der Waals surface area contributed by atoms with Crippen molar-refractivity contribution in [2.75, 3.05) is 0 Å². The van der Waals surface area contributed by atoms with Crippen LogP contribution in [0.4, 0.5) is 0 Å². The monoisotopic (exact) mass is 501 g/mol. The molecule has 2 nitrogen and oxygen atoms in total. The minimum Gasteiger partial charge on any atom is -0.237 e. The van der Waals surface area contributed by atoms with Gasteiger partial charge in [-0.15, -0.1) is 0 Å². The predicted molar refractivity (Wildman–Crippen MR) is 159 cm³/mol. The molecule has 3 aromatic rings. The number of aromatic nitrogens is 2. The fraction of sp³-hybridized carbons (Fsp3) is 0.571. The summed E-state index contributed by atoms with van der Waals surface area (Å²) < 4.78 is 4.93. The molecule has 0 aliphatic heterocycles. The molecule has 0 amide bonds. The van der Waals surface area contributed by atoms with Gasteiger partial charge in [0.25, 0.3) is 0 Å². The molecule has 0 aliphatic rings. The zero-order valence-corrected chi connectivity index (χ0v) is 24.1. The van der Waals surface area contributed by atoms with Crippen LogP contribution in [0.2, 0.25) is 0 Å². The van der Waals surface area contributed by atoms with Gasteiger partial charge in [0.2, 0.25) is 6.33 Å². The van der Waals surface area contributed by atoms with Crippen molar-refractivity contribution in [1.29, 1.82) is 0 Å². The van der Waals surface area contributed by atoms with Crippen LogP contribution < -0.4 is 4.57 Å². The minimum absolute atomic E-state index is 0.0174. The molecule has 37 heavy (non-hydrogen) atoms. The Hall–Kier alpha value is -2.35. The second kappa shape index (κ2) is 16.5. The lowest BCUT2D eigenvalue weighted by Gasteiger charge is -2.37. The summed E-state index contributed by atoms with van der Waals surface area (Å²) >= 11 is 0. The molecule has 0 aliphatic carbocycles. The first kappa shape index (κ1) is 29.2. The van der Waals surface area contributed by atoms with Gasteiger partial charge in [-0.05, 0) is 36.8 Å². The predicted octanol–water partition coefficient (Wildman–Crippen LogP) is 9.63. The highest BCUT2D eigenvalue weighted by Crippen LogP contribution is 2.41. The summed E-state index contributed by atoms with van der Waals surface area (Å²) in [4.78, 5) is 0. The van der Waals surface area contributed by atoms with E-state index in [2.05, 4.69) is 109 Å². The molecule has 2 atom stereocenters. The van der Waals surface area contributed by atoms with Crippen LogP contribution >= 0.6 is 0 Å². The first-order valence-corrected chi connectivity index (χ1v) is 15.3. The zero-order chi connectivity index (χ0) is 26.2. The molecule has 202 valence electrons. The van der Waals surface area contributed by atoms with E-state index in [1.165, 1.54) is 94.6 Å². The number of aryl methyl sites for hydroxylation is 1. The van der Waals surface area contributed by atoms with E-state index in [-0.39, 0.29) is 5.41 Å². The van der Waals surface area contributed by atoms with Crippen LogP contribution in [0.1, 0.15) is 121 Å². The number of rotatable bonds is 19. The number of hydrogen-bond acceptors (Lipinski definition) is 0. The highest BCUT2D eigenvalue weighted by atomic mass is 15.1. The summed E-state index contributed by atoms with van der Waals surface area (Å²) in [6.45, 7) is 8.19. The summed E-state index contributed by atoms with van der Waals surface area (Å²) in [6, 6.07) is 22.8. The van der Waals surface area contributed by atoms with Crippen LogP contribution in [0.5, 0.6) is 0 Å². The van der Waals surface area contributed by atoms with Crippen LogP contribution in [0.15, 0.2) is 79.4 Å². The van der Waals surface area contributed by atoms with E-state index in [4.69, 9.17) is 0 Å². The molecule has 0 radical (unpaired) electrons. The molecule has 1 heterocycles. The third-order valence-electron chi connectivity index (χ3n) is 8.26. The van der Waals surface area contributed by atoms with Gasteiger partial charge in [-0.3, -0.25) is 0 Å². The summed E-state index contributed by atoms with van der Waals surface area (Å²) in [5, 5.41) is 0. The number of unbranched alkanes of at least 4 members (excludes halogenated alkanes) is 10.